The van der Waals surface area contributed by atoms with E-state index in [4.69, 9.17) is 0 Å². The number of nitrogens with zero attached hydrogens (tertiary/aromatic N) is 1. The van der Waals surface area contributed by atoms with Gasteiger partial charge in [-0.05, 0) is 32.0 Å². The molecule has 0 aliphatic rings. The molecule has 0 spiro atoms. The average molecular weight is 280 g/mol. The van der Waals surface area contributed by atoms with Gasteiger partial charge in [0.15, 0.2) is 0 Å². The highest BCUT2D eigenvalue weighted by Crippen LogP contribution is 2.24. The molecule has 0 aliphatic carbocycles. The number of aromatic nitrogens is 1. The molecule has 1 aromatic heterocycles. The van der Waals surface area contributed by atoms with Crippen LogP contribution in [0, 0.1) is 12.7 Å². The molecule has 0 amide bonds. The van der Waals surface area contributed by atoms with Gasteiger partial charge in [-0.15, -0.1) is 11.3 Å². The van der Waals surface area contributed by atoms with Crippen LogP contribution in [0.1, 0.15) is 29.2 Å². The van der Waals surface area contributed by atoms with Crippen LogP contribution in [0.5, 0.6) is 5.75 Å². The number of halogens is 1. The number of thiazole rings is 1. The van der Waals surface area contributed by atoms with Gasteiger partial charge in [0.05, 0.1) is 10.7 Å². The average Bonchev–Trinajstić information content (AvgIpc) is 2.78. The predicted octanol–water partition coefficient (Wildman–Crippen LogP) is 3.19. The van der Waals surface area contributed by atoms with E-state index in [1.807, 2.05) is 19.2 Å². The largest absolute Gasteiger partial charge is 0.508 e. The van der Waals surface area contributed by atoms with Crippen molar-refractivity contribution < 1.29 is 9.50 Å². The molecular formula is C14H17FN2OS. The maximum Gasteiger partial charge on any atom is 0.123 e. The molecule has 1 atom stereocenters. The lowest BCUT2D eigenvalue weighted by Crippen LogP contribution is -2.21. The quantitative estimate of drug-likeness (QED) is 0.884. The molecule has 1 heterocycles. The zero-order chi connectivity index (χ0) is 13.8. The maximum absolute atomic E-state index is 13.1. The van der Waals surface area contributed by atoms with Crippen LogP contribution < -0.4 is 5.32 Å². The molecule has 1 unspecified atom stereocenters. The molecule has 2 aromatic rings. The van der Waals surface area contributed by atoms with Crippen molar-refractivity contribution in [2.75, 3.05) is 6.54 Å². The lowest BCUT2D eigenvalue weighted by molar-refractivity contribution is 0.449. The fourth-order valence-electron chi connectivity index (χ4n) is 1.92. The normalized spacial score (nSPS) is 12.6. The Bertz CT molecular complexity index is 556. The molecule has 1 aromatic carbocycles. The van der Waals surface area contributed by atoms with Crippen molar-refractivity contribution in [3.05, 3.63) is 45.7 Å². The molecule has 19 heavy (non-hydrogen) atoms. The summed E-state index contributed by atoms with van der Waals surface area (Å²) >= 11 is 1.64. The zero-order valence-corrected chi connectivity index (χ0v) is 11.8. The second-order valence-corrected chi connectivity index (χ2v) is 5.55. The van der Waals surface area contributed by atoms with E-state index >= 15 is 0 Å². The molecule has 2 N–H and O–H groups in total. The van der Waals surface area contributed by atoms with Gasteiger partial charge in [0.25, 0.3) is 0 Å². The summed E-state index contributed by atoms with van der Waals surface area (Å²) in [5.41, 5.74) is 1.64. The summed E-state index contributed by atoms with van der Waals surface area (Å²) in [6.07, 6.45) is 0.824. The molecular weight excluding hydrogens is 263 g/mol. The molecule has 3 nitrogen and oxygen atoms in total. The Hall–Kier alpha value is -1.46. The van der Waals surface area contributed by atoms with Crippen LogP contribution in [0.3, 0.4) is 0 Å². The van der Waals surface area contributed by atoms with Gasteiger partial charge >= 0.3 is 0 Å². The molecule has 102 valence electrons. The highest BCUT2D eigenvalue weighted by Gasteiger charge is 2.11. The van der Waals surface area contributed by atoms with E-state index in [1.165, 1.54) is 18.2 Å². The number of phenolic OH excluding ortho intramolecular Hbond substituents is 1. The number of hydrogen-bond donors (Lipinski definition) is 2. The van der Waals surface area contributed by atoms with E-state index in [9.17, 15) is 9.50 Å². The van der Waals surface area contributed by atoms with E-state index < -0.39 is 0 Å². The van der Waals surface area contributed by atoms with Crippen LogP contribution >= 0.6 is 11.3 Å². The number of benzene rings is 1. The zero-order valence-electron chi connectivity index (χ0n) is 11.0. The number of aryl methyl sites for hydroxylation is 1. The van der Waals surface area contributed by atoms with E-state index in [2.05, 4.69) is 10.3 Å². The Morgan fingerprint density at radius 3 is 2.95 bits per heavy atom. The summed E-state index contributed by atoms with van der Waals surface area (Å²) in [7, 11) is 0. The Morgan fingerprint density at radius 1 is 1.47 bits per heavy atom. The van der Waals surface area contributed by atoms with Crippen molar-refractivity contribution in [3.8, 4) is 5.75 Å². The molecule has 0 saturated carbocycles. The second kappa shape index (κ2) is 6.12. The number of rotatable bonds is 5. The topological polar surface area (TPSA) is 45.2 Å². The van der Waals surface area contributed by atoms with Crippen molar-refractivity contribution in [1.29, 1.82) is 0 Å². The third-order valence-electron chi connectivity index (χ3n) is 2.95. The summed E-state index contributed by atoms with van der Waals surface area (Å²) in [4.78, 5) is 4.38. The SMILES string of the molecule is Cc1nc(CCNC(C)c2cc(F)ccc2O)cs1. The molecule has 5 heteroatoms. The molecule has 0 aliphatic heterocycles. The minimum absolute atomic E-state index is 0.101. The molecule has 0 radical (unpaired) electrons. The summed E-state index contributed by atoms with van der Waals surface area (Å²) in [5.74, 6) is -0.220. The van der Waals surface area contributed by atoms with Crippen molar-refractivity contribution in [3.63, 3.8) is 0 Å². The van der Waals surface area contributed by atoms with Gasteiger partial charge in [-0.2, -0.15) is 0 Å². The van der Waals surface area contributed by atoms with Gasteiger partial charge in [0, 0.05) is 30.0 Å². The monoisotopic (exact) mass is 280 g/mol. The van der Waals surface area contributed by atoms with Gasteiger partial charge in [-0.3, -0.25) is 0 Å². The van der Waals surface area contributed by atoms with Gasteiger partial charge in [-0.25, -0.2) is 9.37 Å². The number of aromatic hydroxyl groups is 1. The van der Waals surface area contributed by atoms with Crippen molar-refractivity contribution in [2.45, 2.75) is 26.3 Å². The fourth-order valence-corrected chi connectivity index (χ4v) is 2.57. The lowest BCUT2D eigenvalue weighted by atomic mass is 10.1. The predicted molar refractivity (Wildman–Crippen MR) is 75.0 cm³/mol. The van der Waals surface area contributed by atoms with Gasteiger partial charge in [0.1, 0.15) is 11.6 Å². The van der Waals surface area contributed by atoms with E-state index in [1.54, 1.807) is 11.3 Å². The van der Waals surface area contributed by atoms with E-state index in [-0.39, 0.29) is 17.6 Å². The molecule has 0 fully saturated rings. The first-order valence-electron chi connectivity index (χ1n) is 6.19. The number of phenols is 1. The Balaban J connectivity index is 1.90. The van der Waals surface area contributed by atoms with Crippen LogP contribution in [0.2, 0.25) is 0 Å². The van der Waals surface area contributed by atoms with E-state index in [0.717, 1.165) is 23.7 Å². The van der Waals surface area contributed by atoms with Crippen LogP contribution in [0.25, 0.3) is 0 Å². The molecule has 0 saturated heterocycles. The minimum atomic E-state index is -0.337. The summed E-state index contributed by atoms with van der Waals surface area (Å²) < 4.78 is 13.1. The minimum Gasteiger partial charge on any atom is -0.508 e. The van der Waals surface area contributed by atoms with Gasteiger partial charge < -0.3 is 10.4 Å². The number of nitrogens with one attached hydrogen (secondary N) is 1. The van der Waals surface area contributed by atoms with Crippen LogP contribution in [0.4, 0.5) is 4.39 Å². The van der Waals surface area contributed by atoms with Crippen molar-refractivity contribution >= 4 is 11.3 Å². The van der Waals surface area contributed by atoms with Crippen LogP contribution in [0.15, 0.2) is 23.6 Å². The Labute approximate surface area is 116 Å². The first-order chi connectivity index (χ1) is 9.06. The summed E-state index contributed by atoms with van der Waals surface area (Å²) in [6, 6.07) is 3.89. The standard InChI is InChI=1S/C14H17FN2OS/c1-9(13-7-11(15)3-4-14(13)18)16-6-5-12-8-19-10(2)17-12/h3-4,7-9,16,18H,5-6H2,1-2H3. The second-order valence-electron chi connectivity index (χ2n) is 4.49. The van der Waals surface area contributed by atoms with Crippen molar-refractivity contribution in [2.24, 2.45) is 0 Å². The molecule has 0 bridgehead atoms. The first-order valence-corrected chi connectivity index (χ1v) is 7.07. The smallest absolute Gasteiger partial charge is 0.123 e. The highest BCUT2D eigenvalue weighted by atomic mass is 32.1. The van der Waals surface area contributed by atoms with E-state index in [0.29, 0.717) is 5.56 Å². The van der Waals surface area contributed by atoms with Crippen LogP contribution in [-0.4, -0.2) is 16.6 Å². The van der Waals surface area contributed by atoms with Crippen LogP contribution in [-0.2, 0) is 6.42 Å². The highest BCUT2D eigenvalue weighted by molar-refractivity contribution is 7.09. The van der Waals surface area contributed by atoms with Gasteiger partial charge in [0.2, 0.25) is 0 Å². The van der Waals surface area contributed by atoms with Gasteiger partial charge in [-0.1, -0.05) is 0 Å². The number of hydrogen-bond acceptors (Lipinski definition) is 4. The lowest BCUT2D eigenvalue weighted by Gasteiger charge is -2.15. The summed E-state index contributed by atoms with van der Waals surface area (Å²) in [6.45, 7) is 4.62. The molecule has 2 rings (SSSR count). The Kier molecular flexibility index (Phi) is 4.50. The maximum atomic E-state index is 13.1. The third kappa shape index (κ3) is 3.75. The first kappa shape index (κ1) is 14.0. The fraction of sp³-hybridized carbons (Fsp3) is 0.357. The van der Waals surface area contributed by atoms with Crippen molar-refractivity contribution in [1.82, 2.24) is 10.3 Å². The third-order valence-corrected chi connectivity index (χ3v) is 3.78. The Morgan fingerprint density at radius 2 is 2.26 bits per heavy atom. The summed E-state index contributed by atoms with van der Waals surface area (Å²) in [5, 5.41) is 16.1.